The molecule has 0 aliphatic carbocycles. The van der Waals surface area contributed by atoms with E-state index in [4.69, 9.17) is 9.47 Å². The Bertz CT molecular complexity index is 882. The largest absolute Gasteiger partial charge is 0.497 e. The number of rotatable bonds is 6. The van der Waals surface area contributed by atoms with Gasteiger partial charge in [-0.05, 0) is 36.8 Å². The van der Waals surface area contributed by atoms with E-state index in [0.717, 1.165) is 16.5 Å². The number of aromatic nitrogens is 2. The summed E-state index contributed by atoms with van der Waals surface area (Å²) < 4.78 is 10.5. The summed E-state index contributed by atoms with van der Waals surface area (Å²) in [6, 6.07) is 9.39. The van der Waals surface area contributed by atoms with Crippen molar-refractivity contribution in [3.8, 4) is 5.75 Å². The second-order valence-electron chi connectivity index (χ2n) is 5.37. The molecular weight excluding hydrogens is 318 g/mol. The van der Waals surface area contributed by atoms with Crippen molar-refractivity contribution in [1.82, 2.24) is 9.97 Å². The van der Waals surface area contributed by atoms with Gasteiger partial charge in [0.05, 0.1) is 24.9 Å². The molecule has 0 fully saturated rings. The van der Waals surface area contributed by atoms with Gasteiger partial charge in [-0.3, -0.25) is 9.97 Å². The number of nitrogens with zero attached hydrogens (tertiary/aromatic N) is 2. The first-order chi connectivity index (χ1) is 12.2. The first-order valence-corrected chi connectivity index (χ1v) is 7.99. The Morgan fingerprint density at radius 3 is 2.84 bits per heavy atom. The van der Waals surface area contributed by atoms with Crippen LogP contribution in [0.25, 0.3) is 10.9 Å². The molecule has 1 aromatic carbocycles. The minimum atomic E-state index is -0.409. The summed E-state index contributed by atoms with van der Waals surface area (Å²) in [4.78, 5) is 20.8. The second-order valence-corrected chi connectivity index (χ2v) is 5.37. The summed E-state index contributed by atoms with van der Waals surface area (Å²) in [7, 11) is 1.60. The average molecular weight is 337 g/mol. The van der Waals surface area contributed by atoms with Crippen molar-refractivity contribution in [2.75, 3.05) is 19.0 Å². The van der Waals surface area contributed by atoms with Gasteiger partial charge in [0.2, 0.25) is 0 Å². The monoisotopic (exact) mass is 337 g/mol. The number of carbonyl (C=O) groups excluding carboxylic acids is 1. The van der Waals surface area contributed by atoms with Crippen LogP contribution in [0.5, 0.6) is 5.75 Å². The van der Waals surface area contributed by atoms with Crippen molar-refractivity contribution in [3.63, 3.8) is 0 Å². The van der Waals surface area contributed by atoms with Crippen LogP contribution in [-0.4, -0.2) is 29.7 Å². The molecule has 3 rings (SSSR count). The number of anilines is 1. The Hall–Kier alpha value is -3.15. The van der Waals surface area contributed by atoms with Gasteiger partial charge in [-0.1, -0.05) is 6.07 Å². The number of hydrogen-bond acceptors (Lipinski definition) is 6. The molecule has 25 heavy (non-hydrogen) atoms. The first-order valence-electron chi connectivity index (χ1n) is 7.99. The maximum atomic E-state index is 12.3. The molecule has 0 radical (unpaired) electrons. The number of methoxy groups -OCH3 is 1. The molecule has 2 heterocycles. The lowest BCUT2D eigenvalue weighted by atomic mass is 10.1. The van der Waals surface area contributed by atoms with E-state index in [1.54, 1.807) is 32.6 Å². The molecule has 0 bridgehead atoms. The highest BCUT2D eigenvalue weighted by Gasteiger charge is 2.17. The number of esters is 1. The maximum Gasteiger partial charge on any atom is 0.341 e. The van der Waals surface area contributed by atoms with Crippen LogP contribution in [0.4, 0.5) is 5.69 Å². The summed E-state index contributed by atoms with van der Waals surface area (Å²) in [5.74, 6) is 0.285. The number of ether oxygens (including phenoxy) is 2. The van der Waals surface area contributed by atoms with Gasteiger partial charge in [0.1, 0.15) is 11.3 Å². The van der Waals surface area contributed by atoms with Crippen molar-refractivity contribution in [3.05, 3.63) is 60.0 Å². The molecule has 3 aromatic rings. The zero-order valence-corrected chi connectivity index (χ0v) is 14.2. The van der Waals surface area contributed by atoms with Crippen molar-refractivity contribution in [2.24, 2.45) is 0 Å². The average Bonchev–Trinajstić information content (AvgIpc) is 2.66. The number of pyridine rings is 2. The number of hydrogen-bond donors (Lipinski definition) is 1. The van der Waals surface area contributed by atoms with E-state index in [2.05, 4.69) is 15.3 Å². The molecule has 0 atom stereocenters. The highest BCUT2D eigenvalue weighted by molar-refractivity contribution is 6.05. The fraction of sp³-hybridized carbons (Fsp3) is 0.211. The van der Waals surface area contributed by atoms with E-state index in [1.165, 1.54) is 0 Å². The summed E-state index contributed by atoms with van der Waals surface area (Å²) in [6.07, 6.45) is 5.04. The molecule has 0 saturated carbocycles. The molecule has 6 nitrogen and oxygen atoms in total. The molecule has 0 amide bonds. The predicted molar refractivity (Wildman–Crippen MR) is 95.8 cm³/mol. The third-order valence-electron chi connectivity index (χ3n) is 3.76. The van der Waals surface area contributed by atoms with Gasteiger partial charge in [0, 0.05) is 30.5 Å². The number of benzene rings is 1. The lowest BCUT2D eigenvalue weighted by molar-refractivity contribution is 0.0527. The van der Waals surface area contributed by atoms with Gasteiger partial charge in [0.25, 0.3) is 0 Å². The fourth-order valence-electron chi connectivity index (χ4n) is 2.55. The number of fused-ring (bicyclic) bond motifs is 1. The van der Waals surface area contributed by atoms with Gasteiger partial charge in [-0.2, -0.15) is 0 Å². The lowest BCUT2D eigenvalue weighted by Gasteiger charge is -2.14. The molecule has 2 aromatic heterocycles. The Morgan fingerprint density at radius 1 is 1.24 bits per heavy atom. The normalized spacial score (nSPS) is 10.5. The summed E-state index contributed by atoms with van der Waals surface area (Å²) >= 11 is 0. The zero-order valence-electron chi connectivity index (χ0n) is 14.2. The van der Waals surface area contributed by atoms with Crippen LogP contribution in [-0.2, 0) is 11.3 Å². The highest BCUT2D eigenvalue weighted by atomic mass is 16.5. The molecule has 1 N–H and O–H groups in total. The van der Waals surface area contributed by atoms with E-state index in [9.17, 15) is 4.79 Å². The predicted octanol–water partition coefficient (Wildman–Crippen LogP) is 3.43. The van der Waals surface area contributed by atoms with Gasteiger partial charge in [-0.25, -0.2) is 4.79 Å². The van der Waals surface area contributed by atoms with E-state index < -0.39 is 5.97 Å². The quantitative estimate of drug-likeness (QED) is 0.695. The standard InChI is InChI=1S/C19H19N3O3/c1-3-25-19(23)16-12-21-17-7-6-14(24-2)9-15(17)18(16)22-11-13-5-4-8-20-10-13/h4-10,12H,3,11H2,1-2H3,(H,21,22). The SMILES string of the molecule is CCOC(=O)c1cnc2ccc(OC)cc2c1NCc1cccnc1. The highest BCUT2D eigenvalue weighted by Crippen LogP contribution is 2.30. The van der Waals surface area contributed by atoms with Crippen LogP contribution >= 0.6 is 0 Å². The Kier molecular flexibility index (Phi) is 5.09. The Morgan fingerprint density at radius 2 is 2.12 bits per heavy atom. The van der Waals surface area contributed by atoms with E-state index >= 15 is 0 Å². The van der Waals surface area contributed by atoms with Crippen LogP contribution in [0.1, 0.15) is 22.8 Å². The summed E-state index contributed by atoms with van der Waals surface area (Å²) in [5.41, 5.74) is 2.84. The molecule has 0 saturated heterocycles. The molecule has 0 spiro atoms. The van der Waals surface area contributed by atoms with Crippen molar-refractivity contribution >= 4 is 22.6 Å². The van der Waals surface area contributed by atoms with Gasteiger partial charge in [-0.15, -0.1) is 0 Å². The number of nitrogens with one attached hydrogen (secondary N) is 1. The molecule has 0 aliphatic heterocycles. The van der Waals surface area contributed by atoms with E-state index in [1.807, 2.05) is 30.3 Å². The molecule has 0 unspecified atom stereocenters. The number of carbonyl (C=O) groups is 1. The van der Waals surface area contributed by atoms with Crippen molar-refractivity contribution in [1.29, 1.82) is 0 Å². The minimum Gasteiger partial charge on any atom is -0.497 e. The maximum absolute atomic E-state index is 12.3. The fourth-order valence-corrected chi connectivity index (χ4v) is 2.55. The second kappa shape index (κ2) is 7.61. The molecule has 128 valence electrons. The first kappa shape index (κ1) is 16.7. The van der Waals surface area contributed by atoms with Gasteiger partial charge in [0.15, 0.2) is 0 Å². The summed E-state index contributed by atoms with van der Waals surface area (Å²) in [6.45, 7) is 2.60. The topological polar surface area (TPSA) is 73.3 Å². The Labute approximate surface area is 145 Å². The van der Waals surface area contributed by atoms with Crippen LogP contribution in [0.15, 0.2) is 48.9 Å². The van der Waals surface area contributed by atoms with Crippen LogP contribution in [0, 0.1) is 0 Å². The van der Waals surface area contributed by atoms with E-state index in [0.29, 0.717) is 30.2 Å². The lowest BCUT2D eigenvalue weighted by Crippen LogP contribution is -2.11. The minimum absolute atomic E-state index is 0.303. The zero-order chi connectivity index (χ0) is 17.6. The van der Waals surface area contributed by atoms with Crippen molar-refractivity contribution in [2.45, 2.75) is 13.5 Å². The molecule has 0 aliphatic rings. The van der Waals surface area contributed by atoms with Crippen molar-refractivity contribution < 1.29 is 14.3 Å². The van der Waals surface area contributed by atoms with Gasteiger partial charge < -0.3 is 14.8 Å². The summed E-state index contributed by atoms with van der Waals surface area (Å²) in [5, 5.41) is 4.13. The van der Waals surface area contributed by atoms with Crippen LogP contribution < -0.4 is 10.1 Å². The van der Waals surface area contributed by atoms with Gasteiger partial charge >= 0.3 is 5.97 Å². The molecule has 6 heteroatoms. The van der Waals surface area contributed by atoms with Crippen LogP contribution in [0.3, 0.4) is 0 Å². The smallest absolute Gasteiger partial charge is 0.341 e. The van der Waals surface area contributed by atoms with Crippen LogP contribution in [0.2, 0.25) is 0 Å². The third kappa shape index (κ3) is 3.68. The Balaban J connectivity index is 2.05. The van der Waals surface area contributed by atoms with E-state index in [-0.39, 0.29) is 0 Å². The molecular formula is C19H19N3O3. The third-order valence-corrected chi connectivity index (χ3v) is 3.76.